The Balaban J connectivity index is 1.51. The Morgan fingerprint density at radius 3 is 2.77 bits per heavy atom. The minimum atomic E-state index is -0.538. The Labute approximate surface area is 149 Å². The number of anilines is 2. The van der Waals surface area contributed by atoms with E-state index in [2.05, 4.69) is 20.8 Å². The summed E-state index contributed by atoms with van der Waals surface area (Å²) < 4.78 is 5.50. The summed E-state index contributed by atoms with van der Waals surface area (Å²) >= 11 is 0. The van der Waals surface area contributed by atoms with E-state index >= 15 is 0 Å². The van der Waals surface area contributed by atoms with Crippen molar-refractivity contribution >= 4 is 23.2 Å². The summed E-state index contributed by atoms with van der Waals surface area (Å²) in [6.07, 6.45) is -0.538. The molecule has 0 unspecified atom stereocenters. The number of H-pyrrole nitrogens is 1. The van der Waals surface area contributed by atoms with Crippen LogP contribution in [0.2, 0.25) is 0 Å². The number of benzene rings is 2. The number of ether oxygens (including phenoxy) is 1. The molecule has 0 fully saturated rings. The highest BCUT2D eigenvalue weighted by atomic mass is 16.5. The Hall–Kier alpha value is -3.61. The van der Waals surface area contributed by atoms with Crippen LogP contribution < -0.4 is 15.4 Å². The molecule has 1 aliphatic rings. The van der Waals surface area contributed by atoms with E-state index < -0.39 is 6.10 Å². The van der Waals surface area contributed by atoms with Gasteiger partial charge < -0.3 is 15.4 Å². The largest absolute Gasteiger partial charge is 0.479 e. The van der Waals surface area contributed by atoms with Gasteiger partial charge in [0.15, 0.2) is 6.10 Å². The molecule has 1 aromatic heterocycles. The lowest BCUT2D eigenvalue weighted by atomic mass is 10.1. The van der Waals surface area contributed by atoms with Crippen LogP contribution in [-0.2, 0) is 4.79 Å². The van der Waals surface area contributed by atoms with E-state index in [9.17, 15) is 9.59 Å². The number of aromatic nitrogens is 2. The van der Waals surface area contributed by atoms with Gasteiger partial charge in [0, 0.05) is 11.3 Å². The van der Waals surface area contributed by atoms with Crippen LogP contribution >= 0.6 is 0 Å². The molecule has 0 spiro atoms. The Morgan fingerprint density at radius 2 is 1.96 bits per heavy atom. The summed E-state index contributed by atoms with van der Waals surface area (Å²) in [4.78, 5) is 24.2. The van der Waals surface area contributed by atoms with Crippen LogP contribution in [0.1, 0.15) is 17.4 Å². The fraction of sp³-hybridized carbons (Fsp3) is 0.105. The van der Waals surface area contributed by atoms with Crippen LogP contribution in [0.4, 0.5) is 11.4 Å². The van der Waals surface area contributed by atoms with E-state index in [1.54, 1.807) is 31.2 Å². The Kier molecular flexibility index (Phi) is 3.89. The highest BCUT2D eigenvalue weighted by Crippen LogP contribution is 2.32. The average Bonchev–Trinajstić information content (AvgIpc) is 3.14. The Bertz CT molecular complexity index is 981. The summed E-state index contributed by atoms with van der Waals surface area (Å²) in [6.45, 7) is 1.68. The molecule has 0 saturated carbocycles. The van der Waals surface area contributed by atoms with Gasteiger partial charge in [0.25, 0.3) is 11.8 Å². The van der Waals surface area contributed by atoms with E-state index in [1.165, 1.54) is 0 Å². The van der Waals surface area contributed by atoms with Crippen molar-refractivity contribution < 1.29 is 14.3 Å². The number of rotatable bonds is 3. The molecule has 7 nitrogen and oxygen atoms in total. The zero-order chi connectivity index (χ0) is 18.1. The van der Waals surface area contributed by atoms with Crippen molar-refractivity contribution in [2.24, 2.45) is 0 Å². The molecule has 2 amide bonds. The number of fused-ring (bicyclic) bond motifs is 1. The summed E-state index contributed by atoms with van der Waals surface area (Å²) in [6, 6.07) is 16.4. The summed E-state index contributed by atoms with van der Waals surface area (Å²) in [7, 11) is 0. The summed E-state index contributed by atoms with van der Waals surface area (Å²) in [5.41, 5.74) is 3.03. The highest BCUT2D eigenvalue weighted by Gasteiger charge is 2.23. The van der Waals surface area contributed by atoms with Gasteiger partial charge >= 0.3 is 0 Å². The van der Waals surface area contributed by atoms with Crippen molar-refractivity contribution in [3.05, 3.63) is 60.3 Å². The maximum atomic E-state index is 12.4. The lowest BCUT2D eigenvalue weighted by Crippen LogP contribution is -2.34. The topological polar surface area (TPSA) is 96.1 Å². The molecule has 2 aromatic carbocycles. The van der Waals surface area contributed by atoms with Gasteiger partial charge in [-0.25, -0.2) is 0 Å². The maximum Gasteiger partial charge on any atom is 0.273 e. The van der Waals surface area contributed by atoms with Crippen molar-refractivity contribution in [2.45, 2.75) is 13.0 Å². The van der Waals surface area contributed by atoms with Crippen molar-refractivity contribution in [1.29, 1.82) is 0 Å². The predicted octanol–water partition coefficient (Wildman–Crippen LogP) is 3.05. The van der Waals surface area contributed by atoms with Gasteiger partial charge in [-0.3, -0.25) is 14.7 Å². The van der Waals surface area contributed by atoms with Crippen molar-refractivity contribution in [2.75, 3.05) is 10.6 Å². The molecule has 7 heteroatoms. The lowest BCUT2D eigenvalue weighted by Gasteiger charge is -2.23. The highest BCUT2D eigenvalue weighted by molar-refractivity contribution is 6.04. The number of hydrogen-bond donors (Lipinski definition) is 3. The third-order valence-corrected chi connectivity index (χ3v) is 4.06. The fourth-order valence-electron chi connectivity index (χ4n) is 2.68. The molecule has 0 aliphatic carbocycles. The standard InChI is InChI=1S/C19H16N4O3/c1-11-18(24)21-15-9-13(7-8-17(15)26-11)20-19(25)16-10-14(22-23-16)12-5-3-2-4-6-12/h2-11H,1H3,(H,20,25)(H,21,24)(H,22,23)/t11-/m0/s1. The van der Waals surface area contributed by atoms with Crippen LogP contribution in [0.5, 0.6) is 5.75 Å². The molecule has 4 rings (SSSR count). The van der Waals surface area contributed by atoms with Crippen molar-refractivity contribution in [3.63, 3.8) is 0 Å². The van der Waals surface area contributed by atoms with Gasteiger partial charge in [-0.2, -0.15) is 5.10 Å². The zero-order valence-electron chi connectivity index (χ0n) is 13.9. The molecule has 0 bridgehead atoms. The molecule has 0 saturated heterocycles. The quantitative estimate of drug-likeness (QED) is 0.678. The van der Waals surface area contributed by atoms with Gasteiger partial charge in [-0.05, 0) is 31.2 Å². The predicted molar refractivity (Wildman–Crippen MR) is 97.1 cm³/mol. The van der Waals surface area contributed by atoms with Gasteiger partial charge in [0.05, 0.1) is 11.4 Å². The minimum absolute atomic E-state index is 0.220. The second kappa shape index (κ2) is 6.36. The number of nitrogens with zero attached hydrogens (tertiary/aromatic N) is 1. The summed E-state index contributed by atoms with van der Waals surface area (Å²) in [5.74, 6) is 0.0288. The molecule has 3 aromatic rings. The normalized spacial score (nSPS) is 15.6. The molecule has 130 valence electrons. The van der Waals surface area contributed by atoms with Crippen molar-refractivity contribution in [1.82, 2.24) is 10.2 Å². The molecule has 26 heavy (non-hydrogen) atoms. The molecular formula is C19H16N4O3. The third kappa shape index (κ3) is 3.02. The summed E-state index contributed by atoms with van der Waals surface area (Å²) in [5, 5.41) is 12.5. The molecule has 1 aliphatic heterocycles. The van der Waals surface area contributed by atoms with Crippen molar-refractivity contribution in [3.8, 4) is 17.0 Å². The van der Waals surface area contributed by atoms with Crippen LogP contribution in [0.3, 0.4) is 0 Å². The first kappa shape index (κ1) is 15.9. The van der Waals surface area contributed by atoms with Crippen LogP contribution in [0.25, 0.3) is 11.3 Å². The monoisotopic (exact) mass is 348 g/mol. The number of nitrogens with one attached hydrogen (secondary N) is 3. The minimum Gasteiger partial charge on any atom is -0.479 e. The van der Waals surface area contributed by atoms with Gasteiger partial charge in [-0.1, -0.05) is 30.3 Å². The van der Waals surface area contributed by atoms with E-state index in [0.29, 0.717) is 28.5 Å². The van der Waals surface area contributed by atoms with Crippen LogP contribution in [0, 0.1) is 0 Å². The van der Waals surface area contributed by atoms with E-state index in [1.807, 2.05) is 30.3 Å². The molecule has 0 radical (unpaired) electrons. The van der Waals surface area contributed by atoms with Gasteiger partial charge in [0.2, 0.25) is 0 Å². The van der Waals surface area contributed by atoms with Crippen LogP contribution in [-0.4, -0.2) is 28.1 Å². The number of aromatic amines is 1. The first-order valence-electron chi connectivity index (χ1n) is 8.14. The second-order valence-electron chi connectivity index (χ2n) is 5.95. The first-order chi connectivity index (χ1) is 12.6. The van der Waals surface area contributed by atoms with Gasteiger partial charge in [0.1, 0.15) is 11.4 Å². The smallest absolute Gasteiger partial charge is 0.273 e. The SMILES string of the molecule is C[C@@H]1Oc2ccc(NC(=O)c3cc(-c4ccccc4)n[nH]3)cc2NC1=O. The van der Waals surface area contributed by atoms with E-state index in [4.69, 9.17) is 4.74 Å². The number of amides is 2. The maximum absolute atomic E-state index is 12.4. The zero-order valence-corrected chi connectivity index (χ0v) is 13.9. The molecule has 1 atom stereocenters. The number of carbonyl (C=O) groups excluding carboxylic acids is 2. The van der Waals surface area contributed by atoms with Crippen LogP contribution in [0.15, 0.2) is 54.6 Å². The Morgan fingerprint density at radius 1 is 1.15 bits per heavy atom. The third-order valence-electron chi connectivity index (χ3n) is 4.06. The second-order valence-corrected chi connectivity index (χ2v) is 5.95. The van der Waals surface area contributed by atoms with Gasteiger partial charge in [-0.15, -0.1) is 0 Å². The van der Waals surface area contributed by atoms with E-state index in [0.717, 1.165) is 5.56 Å². The lowest BCUT2D eigenvalue weighted by molar-refractivity contribution is -0.122. The first-order valence-corrected chi connectivity index (χ1v) is 8.14. The molecule has 2 heterocycles. The van der Waals surface area contributed by atoms with E-state index in [-0.39, 0.29) is 11.8 Å². The fourth-order valence-corrected chi connectivity index (χ4v) is 2.68. The number of hydrogen-bond acceptors (Lipinski definition) is 4. The average molecular weight is 348 g/mol. The number of carbonyl (C=O) groups is 2. The molecular weight excluding hydrogens is 332 g/mol. The molecule has 3 N–H and O–H groups in total.